The first-order valence-corrected chi connectivity index (χ1v) is 4.85. The van der Waals surface area contributed by atoms with Crippen LogP contribution >= 0.6 is 12.6 Å². The number of hydrogen-bond donors (Lipinski definition) is 2. The number of nitrogens with zero attached hydrogens (tertiary/aromatic N) is 1. The van der Waals surface area contributed by atoms with E-state index in [9.17, 15) is 4.79 Å². The maximum atomic E-state index is 11.4. The maximum Gasteiger partial charge on any atom is 0.249 e. The molecule has 0 aromatic rings. The Balaban J connectivity index is 2.47. The van der Waals surface area contributed by atoms with Gasteiger partial charge in [-0.05, 0) is 12.6 Å². The van der Waals surface area contributed by atoms with Crippen LogP contribution in [0.1, 0.15) is 6.42 Å². The molecule has 1 aliphatic heterocycles. The third kappa shape index (κ3) is 3.14. The molecule has 1 amide bonds. The molecule has 0 saturated carbocycles. The van der Waals surface area contributed by atoms with Gasteiger partial charge in [-0.3, -0.25) is 4.79 Å². The molecule has 0 saturated heterocycles. The quantitative estimate of drug-likeness (QED) is 0.656. The normalized spacial score (nSPS) is 15.5. The summed E-state index contributed by atoms with van der Waals surface area (Å²) in [5.41, 5.74) is 0.798. The number of nitrogens with one attached hydrogen (secondary N) is 1. The Kier molecular flexibility index (Phi) is 3.89. The Morgan fingerprint density at radius 3 is 3.15 bits per heavy atom. The molecule has 0 spiro atoms. The van der Waals surface area contributed by atoms with Gasteiger partial charge in [-0.25, -0.2) is 0 Å². The second kappa shape index (κ2) is 4.97. The van der Waals surface area contributed by atoms with Crippen LogP contribution < -0.4 is 5.32 Å². The summed E-state index contributed by atoms with van der Waals surface area (Å²) in [7, 11) is 1.90. The van der Waals surface area contributed by atoms with E-state index in [1.54, 1.807) is 0 Å². The Hall–Kier alpha value is -0.900. The molecule has 3 nitrogen and oxygen atoms in total. The number of carbonyl (C=O) groups excluding carboxylic acids is 1. The fourth-order valence-electron chi connectivity index (χ4n) is 1.12. The Morgan fingerprint density at radius 2 is 2.54 bits per heavy atom. The van der Waals surface area contributed by atoms with Crippen molar-refractivity contribution in [2.45, 2.75) is 6.42 Å². The highest BCUT2D eigenvalue weighted by Gasteiger charge is 2.09. The summed E-state index contributed by atoms with van der Waals surface area (Å²) in [5, 5.41) is 2.78. The van der Waals surface area contributed by atoms with E-state index in [0.717, 1.165) is 5.57 Å². The van der Waals surface area contributed by atoms with Crippen LogP contribution in [0.3, 0.4) is 0 Å². The van der Waals surface area contributed by atoms with Crippen LogP contribution in [0.15, 0.2) is 24.0 Å². The molecule has 1 rings (SSSR count). The Bertz CT molecular complexity index is 248. The van der Waals surface area contributed by atoms with E-state index in [2.05, 4.69) is 17.9 Å². The minimum absolute atomic E-state index is 0.00486. The number of carbonyl (C=O) groups is 1. The molecule has 0 radical (unpaired) electrons. The third-order valence-electron chi connectivity index (χ3n) is 1.73. The van der Waals surface area contributed by atoms with Crippen LogP contribution in [0, 0.1) is 0 Å². The summed E-state index contributed by atoms with van der Waals surface area (Å²) in [6.07, 6.45) is 6.46. The zero-order valence-corrected chi connectivity index (χ0v) is 8.55. The molecular weight excluding hydrogens is 184 g/mol. The van der Waals surface area contributed by atoms with Crippen molar-refractivity contribution in [3.63, 3.8) is 0 Å². The van der Waals surface area contributed by atoms with Gasteiger partial charge in [0.15, 0.2) is 0 Å². The van der Waals surface area contributed by atoms with Crippen molar-refractivity contribution in [1.82, 2.24) is 10.2 Å². The van der Waals surface area contributed by atoms with Crippen LogP contribution in [0.4, 0.5) is 0 Å². The van der Waals surface area contributed by atoms with Crippen molar-refractivity contribution in [2.75, 3.05) is 19.3 Å². The van der Waals surface area contributed by atoms with Gasteiger partial charge in [0, 0.05) is 31.1 Å². The second-order valence-electron chi connectivity index (χ2n) is 2.89. The first kappa shape index (κ1) is 10.2. The van der Waals surface area contributed by atoms with Crippen LogP contribution in [-0.2, 0) is 4.79 Å². The molecule has 0 aliphatic carbocycles. The maximum absolute atomic E-state index is 11.4. The predicted molar refractivity (Wildman–Crippen MR) is 56.5 cm³/mol. The summed E-state index contributed by atoms with van der Waals surface area (Å²) in [6.45, 7) is 0.618. The molecule has 0 aromatic heterocycles. The zero-order valence-electron chi connectivity index (χ0n) is 7.66. The molecule has 72 valence electrons. The van der Waals surface area contributed by atoms with Gasteiger partial charge >= 0.3 is 0 Å². The molecular formula is C9H14N2OS. The average molecular weight is 198 g/mol. The zero-order chi connectivity index (χ0) is 9.68. The van der Waals surface area contributed by atoms with Crippen molar-refractivity contribution in [2.24, 2.45) is 0 Å². The monoisotopic (exact) mass is 198 g/mol. The topological polar surface area (TPSA) is 32.3 Å². The van der Waals surface area contributed by atoms with Gasteiger partial charge < -0.3 is 10.2 Å². The number of thiol groups is 1. The van der Waals surface area contributed by atoms with Gasteiger partial charge in [-0.1, -0.05) is 6.08 Å². The minimum atomic E-state index is 0.00486. The Labute approximate surface area is 83.9 Å². The lowest BCUT2D eigenvalue weighted by Gasteiger charge is -2.15. The smallest absolute Gasteiger partial charge is 0.249 e. The highest BCUT2D eigenvalue weighted by atomic mass is 32.1. The molecule has 1 N–H and O–H groups in total. The fraction of sp³-hybridized carbons (Fsp3) is 0.444. The van der Waals surface area contributed by atoms with Gasteiger partial charge in [-0.15, -0.1) is 0 Å². The molecule has 4 heteroatoms. The number of rotatable bonds is 3. The number of amides is 1. The minimum Gasteiger partial charge on any atom is -0.357 e. The van der Waals surface area contributed by atoms with E-state index in [-0.39, 0.29) is 5.91 Å². The van der Waals surface area contributed by atoms with Gasteiger partial charge in [0.05, 0.1) is 0 Å². The average Bonchev–Trinajstić information content (AvgIpc) is 2.14. The lowest BCUT2D eigenvalue weighted by Crippen LogP contribution is -2.28. The van der Waals surface area contributed by atoms with E-state index in [1.165, 1.54) is 0 Å². The Morgan fingerprint density at radius 1 is 1.77 bits per heavy atom. The summed E-state index contributed by atoms with van der Waals surface area (Å²) in [4.78, 5) is 13.3. The predicted octanol–water partition coefficient (Wildman–Crippen LogP) is 0.765. The van der Waals surface area contributed by atoms with Crippen LogP contribution in [0.2, 0.25) is 0 Å². The van der Waals surface area contributed by atoms with E-state index >= 15 is 0 Å². The van der Waals surface area contributed by atoms with Gasteiger partial charge in [0.1, 0.15) is 0 Å². The summed E-state index contributed by atoms with van der Waals surface area (Å²) < 4.78 is 0. The fourth-order valence-corrected chi connectivity index (χ4v) is 1.23. The second-order valence-corrected chi connectivity index (χ2v) is 3.34. The van der Waals surface area contributed by atoms with E-state index in [0.29, 0.717) is 18.7 Å². The molecule has 0 atom stereocenters. The van der Waals surface area contributed by atoms with Gasteiger partial charge in [0.2, 0.25) is 5.91 Å². The molecule has 13 heavy (non-hydrogen) atoms. The molecule has 1 heterocycles. The largest absolute Gasteiger partial charge is 0.357 e. The van der Waals surface area contributed by atoms with Crippen LogP contribution in [0.5, 0.6) is 0 Å². The van der Waals surface area contributed by atoms with Gasteiger partial charge in [0.25, 0.3) is 0 Å². The SMILES string of the molecule is CN1C=CCC(C(=O)NCCS)=C1. The summed E-state index contributed by atoms with van der Waals surface area (Å²) in [6, 6.07) is 0. The standard InChI is InChI=1S/C9H14N2OS/c1-11-5-2-3-8(7-11)9(12)10-4-6-13/h2,5,7,13H,3-4,6H2,1H3,(H,10,12). The van der Waals surface area contributed by atoms with E-state index in [1.807, 2.05) is 30.4 Å². The van der Waals surface area contributed by atoms with E-state index in [4.69, 9.17) is 0 Å². The van der Waals surface area contributed by atoms with Crippen LogP contribution in [0.25, 0.3) is 0 Å². The first-order chi connectivity index (χ1) is 6.24. The lowest BCUT2D eigenvalue weighted by atomic mass is 10.1. The summed E-state index contributed by atoms with van der Waals surface area (Å²) in [5.74, 6) is 0.676. The first-order valence-electron chi connectivity index (χ1n) is 4.22. The third-order valence-corrected chi connectivity index (χ3v) is 1.95. The van der Waals surface area contributed by atoms with Crippen LogP contribution in [-0.4, -0.2) is 30.2 Å². The summed E-state index contributed by atoms with van der Waals surface area (Å²) >= 11 is 4.02. The number of allylic oxidation sites excluding steroid dienone is 1. The van der Waals surface area contributed by atoms with Crippen molar-refractivity contribution in [3.05, 3.63) is 24.0 Å². The highest BCUT2D eigenvalue weighted by Crippen LogP contribution is 2.09. The number of hydrogen-bond acceptors (Lipinski definition) is 3. The van der Waals surface area contributed by atoms with Crippen molar-refractivity contribution in [1.29, 1.82) is 0 Å². The van der Waals surface area contributed by atoms with Crippen molar-refractivity contribution < 1.29 is 4.79 Å². The van der Waals surface area contributed by atoms with Crippen molar-refractivity contribution >= 4 is 18.5 Å². The highest BCUT2D eigenvalue weighted by molar-refractivity contribution is 7.80. The lowest BCUT2D eigenvalue weighted by molar-refractivity contribution is -0.117. The van der Waals surface area contributed by atoms with Gasteiger partial charge in [-0.2, -0.15) is 12.6 Å². The van der Waals surface area contributed by atoms with Crippen molar-refractivity contribution in [3.8, 4) is 0 Å². The molecule has 0 unspecified atom stereocenters. The molecule has 0 aromatic carbocycles. The van der Waals surface area contributed by atoms with E-state index < -0.39 is 0 Å². The molecule has 1 aliphatic rings. The molecule has 0 fully saturated rings. The molecule has 0 bridgehead atoms.